The van der Waals surface area contributed by atoms with Gasteiger partial charge in [-0.2, -0.15) is 0 Å². The summed E-state index contributed by atoms with van der Waals surface area (Å²) in [5.41, 5.74) is 7.05. The summed E-state index contributed by atoms with van der Waals surface area (Å²) in [5.74, 6) is 1.89. The first kappa shape index (κ1) is 23.9. The maximum Gasteiger partial charge on any atom is 0.163 e. The zero-order valence-corrected chi connectivity index (χ0v) is 21.3. The number of fused-ring (bicyclic) bond motifs is 1. The summed E-state index contributed by atoms with van der Waals surface area (Å²) in [6.45, 7) is 0.514. The first-order valence-electron chi connectivity index (χ1n) is 13.0. The van der Waals surface area contributed by atoms with Crippen LogP contribution in [0.1, 0.15) is 41.5 Å². The van der Waals surface area contributed by atoms with Crippen molar-refractivity contribution in [3.63, 3.8) is 0 Å². The highest BCUT2D eigenvalue weighted by Gasteiger charge is 2.36. The molecule has 0 saturated heterocycles. The van der Waals surface area contributed by atoms with Crippen molar-refractivity contribution in [3.05, 3.63) is 131 Å². The number of benzene rings is 4. The van der Waals surface area contributed by atoms with Crippen LogP contribution in [-0.4, -0.2) is 12.9 Å². The van der Waals surface area contributed by atoms with Crippen LogP contribution in [0.15, 0.2) is 114 Å². The van der Waals surface area contributed by atoms with E-state index in [0.29, 0.717) is 13.0 Å². The lowest BCUT2D eigenvalue weighted by Gasteiger charge is -2.30. The number of Topliss-reactive ketones (excluding diaryl/α,β-unsaturated/α-hetero) is 1. The summed E-state index contributed by atoms with van der Waals surface area (Å²) in [5, 5.41) is 7.26. The lowest BCUT2D eigenvalue weighted by Crippen LogP contribution is -2.26. The van der Waals surface area contributed by atoms with Crippen molar-refractivity contribution in [2.45, 2.75) is 31.4 Å². The van der Waals surface area contributed by atoms with Crippen LogP contribution in [0.25, 0.3) is 0 Å². The van der Waals surface area contributed by atoms with Gasteiger partial charge in [0.05, 0.1) is 24.5 Å². The third-order valence-corrected chi connectivity index (χ3v) is 7.36. The van der Waals surface area contributed by atoms with E-state index in [1.165, 1.54) is 0 Å². The Hall–Kier alpha value is -4.51. The average Bonchev–Trinajstić information content (AvgIpc) is 3.14. The van der Waals surface area contributed by atoms with Crippen LogP contribution in [0.5, 0.6) is 11.5 Å². The lowest BCUT2D eigenvalue weighted by atomic mass is 9.78. The average molecular weight is 503 g/mol. The zero-order valence-electron chi connectivity index (χ0n) is 21.3. The minimum atomic E-state index is -0.256. The SMILES string of the molecule is COc1ccc(C2CC(=O)C3=C(C2)Nc2ccccc2NC3c2ccc(OCc3ccccc3)cc2)cc1. The van der Waals surface area contributed by atoms with E-state index < -0.39 is 0 Å². The molecule has 2 unspecified atom stereocenters. The van der Waals surface area contributed by atoms with Crippen molar-refractivity contribution in [1.82, 2.24) is 0 Å². The smallest absolute Gasteiger partial charge is 0.163 e. The van der Waals surface area contributed by atoms with Gasteiger partial charge in [0.1, 0.15) is 18.1 Å². The number of ketones is 1. The molecule has 1 aliphatic heterocycles. The lowest BCUT2D eigenvalue weighted by molar-refractivity contribution is -0.116. The largest absolute Gasteiger partial charge is 0.497 e. The number of carbonyl (C=O) groups is 1. The highest BCUT2D eigenvalue weighted by atomic mass is 16.5. The van der Waals surface area contributed by atoms with Gasteiger partial charge in [0.15, 0.2) is 5.78 Å². The number of ether oxygens (including phenoxy) is 2. The molecule has 6 rings (SSSR count). The summed E-state index contributed by atoms with van der Waals surface area (Å²) in [6, 6.07) is 34.1. The molecular weight excluding hydrogens is 472 g/mol. The van der Waals surface area contributed by atoms with Crippen LogP contribution in [0.2, 0.25) is 0 Å². The standard InChI is InChI=1S/C33H30N2O3/c1-37-26-15-11-23(12-16-26)25-19-30-32(31(36)20-25)33(35-29-10-6-5-9-28(29)34-30)24-13-17-27(18-14-24)38-21-22-7-3-2-4-8-22/h2-18,25,33-35H,19-21H2,1H3. The number of hydrogen-bond acceptors (Lipinski definition) is 5. The molecule has 5 heteroatoms. The maximum absolute atomic E-state index is 13.8. The first-order chi connectivity index (χ1) is 18.7. The van der Waals surface area contributed by atoms with Crippen LogP contribution in [0.3, 0.4) is 0 Å². The minimum Gasteiger partial charge on any atom is -0.497 e. The molecule has 1 heterocycles. The summed E-state index contributed by atoms with van der Waals surface area (Å²) in [4.78, 5) is 13.8. The van der Waals surface area contributed by atoms with E-state index in [4.69, 9.17) is 9.47 Å². The number of anilines is 2. The van der Waals surface area contributed by atoms with E-state index >= 15 is 0 Å². The zero-order chi connectivity index (χ0) is 25.9. The van der Waals surface area contributed by atoms with Crippen molar-refractivity contribution in [3.8, 4) is 11.5 Å². The molecule has 2 atom stereocenters. The van der Waals surface area contributed by atoms with Crippen LogP contribution in [0.4, 0.5) is 11.4 Å². The van der Waals surface area contributed by atoms with Gasteiger partial charge in [-0.15, -0.1) is 0 Å². The van der Waals surface area contributed by atoms with E-state index in [1.807, 2.05) is 54.6 Å². The van der Waals surface area contributed by atoms with Crippen molar-refractivity contribution < 1.29 is 14.3 Å². The van der Waals surface area contributed by atoms with Crippen molar-refractivity contribution in [1.29, 1.82) is 0 Å². The molecular formula is C33H30N2O3. The van der Waals surface area contributed by atoms with Gasteiger partial charge in [0, 0.05) is 17.7 Å². The number of rotatable bonds is 6. The monoisotopic (exact) mass is 502 g/mol. The number of hydrogen-bond donors (Lipinski definition) is 2. The van der Waals surface area contributed by atoms with Gasteiger partial charge >= 0.3 is 0 Å². The van der Waals surface area contributed by atoms with E-state index in [2.05, 4.69) is 59.2 Å². The molecule has 2 N–H and O–H groups in total. The maximum atomic E-state index is 13.8. The molecule has 0 fully saturated rings. The second-order valence-corrected chi connectivity index (χ2v) is 9.78. The summed E-state index contributed by atoms with van der Waals surface area (Å²) >= 11 is 0. The van der Waals surface area contributed by atoms with Gasteiger partial charge in [0.25, 0.3) is 0 Å². The predicted molar refractivity (Wildman–Crippen MR) is 151 cm³/mol. The Kier molecular flexibility index (Phi) is 6.57. The van der Waals surface area contributed by atoms with Gasteiger partial charge < -0.3 is 20.1 Å². The fraction of sp³-hybridized carbons (Fsp3) is 0.182. The Morgan fingerprint density at radius 2 is 1.39 bits per heavy atom. The molecule has 5 nitrogen and oxygen atoms in total. The van der Waals surface area contributed by atoms with Gasteiger partial charge in [-0.25, -0.2) is 0 Å². The van der Waals surface area contributed by atoms with Crippen LogP contribution in [0, 0.1) is 0 Å². The Labute approximate surface area is 223 Å². The van der Waals surface area contributed by atoms with Gasteiger partial charge in [0.2, 0.25) is 0 Å². The molecule has 38 heavy (non-hydrogen) atoms. The molecule has 0 amide bonds. The number of carbonyl (C=O) groups excluding carboxylic acids is 1. The van der Waals surface area contributed by atoms with Gasteiger partial charge in [-0.3, -0.25) is 4.79 Å². The second kappa shape index (κ2) is 10.5. The number of allylic oxidation sites excluding steroid dienone is 1. The highest BCUT2D eigenvalue weighted by Crippen LogP contribution is 2.44. The fourth-order valence-corrected chi connectivity index (χ4v) is 5.35. The molecule has 0 spiro atoms. The first-order valence-corrected chi connectivity index (χ1v) is 13.0. The molecule has 0 saturated carbocycles. The van der Waals surface area contributed by atoms with Crippen molar-refractivity contribution in [2.24, 2.45) is 0 Å². The summed E-state index contributed by atoms with van der Waals surface area (Å²) < 4.78 is 11.3. The van der Waals surface area contributed by atoms with E-state index in [0.717, 1.165) is 57.3 Å². The van der Waals surface area contributed by atoms with Crippen molar-refractivity contribution >= 4 is 17.2 Å². The molecule has 0 bridgehead atoms. The second-order valence-electron chi connectivity index (χ2n) is 9.78. The molecule has 0 aromatic heterocycles. The van der Waals surface area contributed by atoms with Crippen LogP contribution < -0.4 is 20.1 Å². The number of nitrogens with one attached hydrogen (secondary N) is 2. The summed E-state index contributed by atoms with van der Waals surface area (Å²) in [7, 11) is 1.66. The third-order valence-electron chi connectivity index (χ3n) is 7.36. The predicted octanol–water partition coefficient (Wildman–Crippen LogP) is 7.25. The molecule has 4 aromatic rings. The number of methoxy groups -OCH3 is 1. The quantitative estimate of drug-likeness (QED) is 0.291. The topological polar surface area (TPSA) is 59.6 Å². The Morgan fingerprint density at radius 1 is 0.737 bits per heavy atom. The normalized spacial score (nSPS) is 18.4. The van der Waals surface area contributed by atoms with Crippen molar-refractivity contribution in [2.75, 3.05) is 17.7 Å². The molecule has 0 radical (unpaired) electrons. The Balaban J connectivity index is 1.30. The molecule has 190 valence electrons. The molecule has 4 aromatic carbocycles. The Bertz CT molecular complexity index is 1460. The van der Waals surface area contributed by atoms with Gasteiger partial charge in [-0.1, -0.05) is 66.7 Å². The highest BCUT2D eigenvalue weighted by molar-refractivity contribution is 6.01. The Morgan fingerprint density at radius 3 is 2.13 bits per heavy atom. The van der Waals surface area contributed by atoms with Crippen LogP contribution in [-0.2, 0) is 11.4 Å². The van der Waals surface area contributed by atoms with Crippen LogP contribution >= 0.6 is 0 Å². The van der Waals surface area contributed by atoms with Gasteiger partial charge in [-0.05, 0) is 65.4 Å². The minimum absolute atomic E-state index is 0.110. The molecule has 2 aliphatic rings. The van der Waals surface area contributed by atoms with E-state index in [9.17, 15) is 4.79 Å². The fourth-order valence-electron chi connectivity index (χ4n) is 5.35. The number of para-hydroxylation sites is 2. The third kappa shape index (κ3) is 4.88. The van der Waals surface area contributed by atoms with E-state index in [-0.39, 0.29) is 17.7 Å². The summed E-state index contributed by atoms with van der Waals surface area (Å²) in [6.07, 6.45) is 1.23. The van der Waals surface area contributed by atoms with E-state index in [1.54, 1.807) is 7.11 Å². The molecule has 1 aliphatic carbocycles.